The van der Waals surface area contributed by atoms with Gasteiger partial charge in [0, 0.05) is 12.0 Å². The van der Waals surface area contributed by atoms with Gasteiger partial charge in [-0.3, -0.25) is 4.79 Å². The lowest BCUT2D eigenvalue weighted by Gasteiger charge is -1.85. The van der Waals surface area contributed by atoms with Crippen LogP contribution in [0.25, 0.3) is 0 Å². The largest absolute Gasteiger partial charge is 0.500 e. The fourth-order valence-electron chi connectivity index (χ4n) is 0.646. The van der Waals surface area contributed by atoms with Gasteiger partial charge in [-0.15, -0.1) is 0 Å². The van der Waals surface area contributed by atoms with Crippen LogP contribution in [-0.4, -0.2) is 12.4 Å². The zero-order valence-electron chi connectivity index (χ0n) is 4.81. The van der Waals surface area contributed by atoms with Gasteiger partial charge in [0.2, 0.25) is 0 Å². The Bertz CT molecular complexity index is 135. The molecule has 44 valence electrons. The lowest BCUT2D eigenvalue weighted by Crippen LogP contribution is -1.92. The first-order valence-electron chi connectivity index (χ1n) is 2.62. The molecule has 0 aromatic heterocycles. The Morgan fingerprint density at radius 3 is 2.88 bits per heavy atom. The molecule has 0 N–H and O–H groups in total. The van der Waals surface area contributed by atoms with E-state index < -0.39 is 0 Å². The molecule has 0 bridgehead atoms. The molecule has 0 atom stereocenters. The topological polar surface area (TPSA) is 26.3 Å². The van der Waals surface area contributed by atoms with Gasteiger partial charge >= 0.3 is 0 Å². The molecule has 1 rings (SSSR count). The van der Waals surface area contributed by atoms with E-state index in [2.05, 4.69) is 0 Å². The van der Waals surface area contributed by atoms with Gasteiger partial charge in [-0.1, -0.05) is 0 Å². The SMILES string of the molecule is CC(=O)C1=COCC1. The zero-order valence-corrected chi connectivity index (χ0v) is 4.81. The average Bonchev–Trinajstić information content (AvgIpc) is 2.12. The normalized spacial score (nSPS) is 17.4. The average molecular weight is 112 g/mol. The standard InChI is InChI=1S/C6H8O2/c1-5(7)6-2-3-8-4-6/h4H,2-3H2,1H3. The third kappa shape index (κ3) is 0.886. The monoisotopic (exact) mass is 112 g/mol. The summed E-state index contributed by atoms with van der Waals surface area (Å²) in [6.07, 6.45) is 2.33. The third-order valence-electron chi connectivity index (χ3n) is 1.17. The van der Waals surface area contributed by atoms with Crippen molar-refractivity contribution in [3.05, 3.63) is 11.8 Å². The molecule has 1 heterocycles. The third-order valence-corrected chi connectivity index (χ3v) is 1.17. The van der Waals surface area contributed by atoms with E-state index in [4.69, 9.17) is 4.74 Å². The van der Waals surface area contributed by atoms with Crippen LogP contribution in [0.4, 0.5) is 0 Å². The van der Waals surface area contributed by atoms with E-state index in [1.807, 2.05) is 0 Å². The van der Waals surface area contributed by atoms with Gasteiger partial charge in [-0.2, -0.15) is 0 Å². The second kappa shape index (κ2) is 1.99. The van der Waals surface area contributed by atoms with Crippen LogP contribution in [0.3, 0.4) is 0 Å². The fraction of sp³-hybridized carbons (Fsp3) is 0.500. The molecule has 0 aromatic carbocycles. The van der Waals surface area contributed by atoms with Crippen molar-refractivity contribution < 1.29 is 9.53 Å². The van der Waals surface area contributed by atoms with Crippen molar-refractivity contribution in [2.24, 2.45) is 0 Å². The highest BCUT2D eigenvalue weighted by Crippen LogP contribution is 2.09. The van der Waals surface area contributed by atoms with Gasteiger partial charge in [-0.05, 0) is 6.92 Å². The molecule has 2 heteroatoms. The van der Waals surface area contributed by atoms with Gasteiger partial charge in [0.1, 0.15) is 0 Å². The summed E-state index contributed by atoms with van der Waals surface area (Å²) in [5.41, 5.74) is 0.810. The highest BCUT2D eigenvalue weighted by atomic mass is 16.5. The molecule has 1 aliphatic heterocycles. The fourth-order valence-corrected chi connectivity index (χ4v) is 0.646. The lowest BCUT2D eigenvalue weighted by atomic mass is 10.2. The number of ketones is 1. The number of ether oxygens (including phenoxy) is 1. The first-order valence-corrected chi connectivity index (χ1v) is 2.62. The van der Waals surface area contributed by atoms with Crippen LogP contribution in [-0.2, 0) is 9.53 Å². The van der Waals surface area contributed by atoms with E-state index in [-0.39, 0.29) is 5.78 Å². The summed E-state index contributed by atoms with van der Waals surface area (Å²) in [6.45, 7) is 2.23. The molecular weight excluding hydrogens is 104 g/mol. The second-order valence-electron chi connectivity index (χ2n) is 1.82. The van der Waals surface area contributed by atoms with Gasteiger partial charge < -0.3 is 4.74 Å². The smallest absolute Gasteiger partial charge is 0.158 e. The summed E-state index contributed by atoms with van der Waals surface area (Å²) in [4.78, 5) is 10.5. The summed E-state index contributed by atoms with van der Waals surface area (Å²) in [5, 5.41) is 0. The van der Waals surface area contributed by atoms with Crippen LogP contribution in [0.2, 0.25) is 0 Å². The van der Waals surface area contributed by atoms with Crippen molar-refractivity contribution in [2.45, 2.75) is 13.3 Å². The number of hydrogen-bond acceptors (Lipinski definition) is 2. The molecule has 0 aromatic rings. The Morgan fingerprint density at radius 2 is 2.62 bits per heavy atom. The van der Waals surface area contributed by atoms with E-state index in [1.165, 1.54) is 0 Å². The van der Waals surface area contributed by atoms with Crippen LogP contribution in [0.15, 0.2) is 11.8 Å². The van der Waals surface area contributed by atoms with Crippen molar-refractivity contribution in [3.63, 3.8) is 0 Å². The summed E-state index contributed by atoms with van der Waals surface area (Å²) in [5.74, 6) is 0.127. The van der Waals surface area contributed by atoms with E-state index >= 15 is 0 Å². The first-order chi connectivity index (χ1) is 3.80. The van der Waals surface area contributed by atoms with Gasteiger partial charge in [-0.25, -0.2) is 0 Å². The van der Waals surface area contributed by atoms with Crippen LogP contribution < -0.4 is 0 Å². The molecule has 0 saturated carbocycles. The van der Waals surface area contributed by atoms with E-state index in [0.29, 0.717) is 6.61 Å². The van der Waals surface area contributed by atoms with Gasteiger partial charge in [0.15, 0.2) is 5.78 Å². The molecule has 0 amide bonds. The van der Waals surface area contributed by atoms with Crippen LogP contribution in [0.5, 0.6) is 0 Å². The molecule has 0 unspecified atom stereocenters. The minimum absolute atomic E-state index is 0.127. The van der Waals surface area contributed by atoms with Crippen molar-refractivity contribution in [1.29, 1.82) is 0 Å². The number of carbonyl (C=O) groups is 1. The summed E-state index contributed by atoms with van der Waals surface area (Å²) >= 11 is 0. The molecule has 2 nitrogen and oxygen atoms in total. The quantitative estimate of drug-likeness (QED) is 0.503. The maximum atomic E-state index is 10.5. The number of Topliss-reactive ketones (excluding diaryl/α,β-unsaturated/α-hetero) is 1. The van der Waals surface area contributed by atoms with Gasteiger partial charge in [0.05, 0.1) is 12.9 Å². The van der Waals surface area contributed by atoms with Crippen LogP contribution in [0.1, 0.15) is 13.3 Å². The molecule has 1 aliphatic rings. The number of rotatable bonds is 1. The summed E-state index contributed by atoms with van der Waals surface area (Å²) in [7, 11) is 0. The van der Waals surface area contributed by atoms with Crippen LogP contribution in [0, 0.1) is 0 Å². The highest BCUT2D eigenvalue weighted by Gasteiger charge is 2.08. The molecule has 0 saturated heterocycles. The maximum Gasteiger partial charge on any atom is 0.158 e. The predicted octanol–water partition coefficient (Wildman–Crippen LogP) is 0.880. The van der Waals surface area contributed by atoms with Crippen molar-refractivity contribution >= 4 is 5.78 Å². The zero-order chi connectivity index (χ0) is 5.98. The van der Waals surface area contributed by atoms with Crippen molar-refractivity contribution in [2.75, 3.05) is 6.61 Å². The summed E-state index contributed by atoms with van der Waals surface area (Å²) in [6, 6.07) is 0. The van der Waals surface area contributed by atoms with E-state index in [1.54, 1.807) is 13.2 Å². The van der Waals surface area contributed by atoms with Crippen molar-refractivity contribution in [1.82, 2.24) is 0 Å². The minimum atomic E-state index is 0.127. The molecule has 8 heavy (non-hydrogen) atoms. The maximum absolute atomic E-state index is 10.5. The Balaban J connectivity index is 2.57. The van der Waals surface area contributed by atoms with E-state index in [0.717, 1.165) is 12.0 Å². The van der Waals surface area contributed by atoms with Crippen molar-refractivity contribution in [3.8, 4) is 0 Å². The number of hydrogen-bond donors (Lipinski definition) is 0. The molecular formula is C6H8O2. The van der Waals surface area contributed by atoms with Gasteiger partial charge in [0.25, 0.3) is 0 Å². The lowest BCUT2D eigenvalue weighted by molar-refractivity contribution is -0.113. The molecule has 0 fully saturated rings. The second-order valence-corrected chi connectivity index (χ2v) is 1.82. The Hall–Kier alpha value is -0.790. The predicted molar refractivity (Wildman–Crippen MR) is 29.3 cm³/mol. The Kier molecular flexibility index (Phi) is 1.33. The minimum Gasteiger partial charge on any atom is -0.500 e. The van der Waals surface area contributed by atoms with E-state index in [9.17, 15) is 4.79 Å². The highest BCUT2D eigenvalue weighted by molar-refractivity contribution is 5.93. The Labute approximate surface area is 48.1 Å². The molecule has 0 spiro atoms. The number of carbonyl (C=O) groups excluding carboxylic acids is 1. The summed E-state index contributed by atoms with van der Waals surface area (Å²) < 4.78 is 4.84. The van der Waals surface area contributed by atoms with Crippen LogP contribution >= 0.6 is 0 Å². The molecule has 0 aliphatic carbocycles. The Morgan fingerprint density at radius 1 is 1.88 bits per heavy atom. The first kappa shape index (κ1) is 5.35. The molecule has 0 radical (unpaired) electrons.